The molecule has 0 aromatic carbocycles. The fourth-order valence-electron chi connectivity index (χ4n) is 0.950. The van der Waals surface area contributed by atoms with Crippen molar-refractivity contribution in [1.82, 2.24) is 9.78 Å². The van der Waals surface area contributed by atoms with Gasteiger partial charge in [-0.05, 0) is 19.0 Å². The maximum atomic E-state index is 9.43. The molecule has 4 heteroatoms. The summed E-state index contributed by atoms with van der Waals surface area (Å²) < 4.78 is 1.78. The van der Waals surface area contributed by atoms with Crippen molar-refractivity contribution in [3.8, 4) is 0 Å². The molecule has 0 spiro atoms. The van der Waals surface area contributed by atoms with Crippen molar-refractivity contribution in [1.29, 1.82) is 0 Å². The summed E-state index contributed by atoms with van der Waals surface area (Å²) in [5.74, 6) is 0. The Bertz CT molecular complexity index is 239. The third-order valence-electron chi connectivity index (χ3n) is 1.31. The van der Waals surface area contributed by atoms with E-state index >= 15 is 0 Å². The molecule has 1 heterocycles. The Hall–Kier alpha value is -0.613. The molecule has 0 unspecified atom stereocenters. The summed E-state index contributed by atoms with van der Waals surface area (Å²) >= 11 is 0. The Morgan fingerprint density at radius 3 is 2.73 bits per heavy atom. The summed E-state index contributed by atoms with van der Waals surface area (Å²) in [5, 5.41) is 14.8. The summed E-state index contributed by atoms with van der Waals surface area (Å²) in [4.78, 5) is 0. The van der Waals surface area contributed by atoms with Crippen LogP contribution in [0.2, 0.25) is 0 Å². The minimum atomic E-state index is -0.667. The van der Waals surface area contributed by atoms with Crippen LogP contribution in [-0.4, -0.2) is 30.7 Å². The molecule has 1 rings (SSSR count). The first-order chi connectivity index (χ1) is 4.97. The second-order valence-corrected chi connectivity index (χ2v) is 4.68. The zero-order chi connectivity index (χ0) is 8.48. The second-order valence-electron chi connectivity index (χ2n) is 3.53. The molecule has 0 aliphatic rings. The molecule has 0 saturated carbocycles. The molecule has 1 N–H and O–H groups in total. The van der Waals surface area contributed by atoms with Crippen LogP contribution in [0.25, 0.3) is 0 Å². The normalized spacial score (nSPS) is 12.3. The van der Waals surface area contributed by atoms with Crippen LogP contribution in [0.1, 0.15) is 13.8 Å². The van der Waals surface area contributed by atoms with Gasteiger partial charge in [-0.2, -0.15) is 5.10 Å². The van der Waals surface area contributed by atoms with Crippen molar-refractivity contribution in [2.24, 2.45) is 0 Å². The van der Waals surface area contributed by atoms with Crippen LogP contribution in [0, 0.1) is 0 Å². The number of hydrogen-bond acceptors (Lipinski definition) is 2. The minimum absolute atomic E-state index is 0.565. The largest absolute Gasteiger partial charge is 0.389 e. The molecule has 0 fully saturated rings. The van der Waals surface area contributed by atoms with E-state index in [1.807, 2.05) is 12.4 Å². The molecule has 0 bridgehead atoms. The Kier molecular flexibility index (Phi) is 2.15. The van der Waals surface area contributed by atoms with Gasteiger partial charge in [-0.25, -0.2) is 0 Å². The van der Waals surface area contributed by atoms with Crippen LogP contribution < -0.4 is 5.19 Å². The van der Waals surface area contributed by atoms with Gasteiger partial charge in [-0.3, -0.25) is 4.68 Å². The van der Waals surface area contributed by atoms with Crippen molar-refractivity contribution >= 4 is 15.4 Å². The van der Waals surface area contributed by atoms with Gasteiger partial charge in [0.15, 0.2) is 0 Å². The lowest BCUT2D eigenvalue weighted by Gasteiger charge is -2.16. The van der Waals surface area contributed by atoms with Crippen LogP contribution in [0.5, 0.6) is 0 Å². The highest BCUT2D eigenvalue weighted by molar-refractivity contribution is 6.31. The van der Waals surface area contributed by atoms with Gasteiger partial charge in [0.25, 0.3) is 0 Å². The lowest BCUT2D eigenvalue weighted by atomic mass is 10.1. The first kappa shape index (κ1) is 8.48. The summed E-state index contributed by atoms with van der Waals surface area (Å²) in [6.45, 7) is 4.12. The zero-order valence-corrected chi connectivity index (χ0v) is 9.20. The van der Waals surface area contributed by atoms with Gasteiger partial charge in [0, 0.05) is 22.6 Å². The van der Waals surface area contributed by atoms with Crippen molar-refractivity contribution < 1.29 is 5.11 Å². The lowest BCUT2D eigenvalue weighted by molar-refractivity contribution is 0.0578. The van der Waals surface area contributed by atoms with Gasteiger partial charge in [-0.1, -0.05) is 0 Å². The molecule has 0 atom stereocenters. The Labute approximate surface area is 69.5 Å². The van der Waals surface area contributed by atoms with Gasteiger partial charge < -0.3 is 5.11 Å². The van der Waals surface area contributed by atoms with E-state index in [9.17, 15) is 5.11 Å². The van der Waals surface area contributed by atoms with E-state index in [1.54, 1.807) is 18.5 Å². The van der Waals surface area contributed by atoms with Crippen LogP contribution in [0.3, 0.4) is 0 Å². The molecule has 1 aromatic heterocycles. The van der Waals surface area contributed by atoms with Crippen molar-refractivity contribution in [2.75, 3.05) is 0 Å². The second kappa shape index (κ2) is 2.79. The first-order valence-corrected chi connectivity index (χ1v) is 4.69. The van der Waals surface area contributed by atoms with Crippen molar-refractivity contribution in [2.45, 2.75) is 26.0 Å². The van der Waals surface area contributed by atoms with Gasteiger partial charge >= 0.3 is 0 Å². The zero-order valence-electron chi connectivity index (χ0n) is 7.20. The molecule has 0 aliphatic carbocycles. The number of nitrogens with zero attached hydrogens (tertiary/aromatic N) is 2. The minimum Gasteiger partial charge on any atom is -0.389 e. The molecule has 62 valence electrons. The Morgan fingerprint density at radius 2 is 2.36 bits per heavy atom. The Balaban J connectivity index is 2.65. The highest BCUT2D eigenvalue weighted by Gasteiger charge is 2.13. The average molecular weight is 170 g/mol. The number of aromatic nitrogens is 2. The summed E-state index contributed by atoms with van der Waals surface area (Å²) in [6.07, 6.45) is 3.82. The standard InChI is InChI=1S/C7H14N2OSi/c1-7(2,10)5-9-4-6(11)3-8-9/h3-4,10H,5H2,1-2,11H3. The predicted octanol–water partition coefficient (Wildman–Crippen LogP) is -1.36. The van der Waals surface area contributed by atoms with E-state index in [0.717, 1.165) is 10.2 Å². The quantitative estimate of drug-likeness (QED) is 0.557. The maximum Gasteiger partial charge on any atom is 0.0786 e. The monoisotopic (exact) mass is 170 g/mol. The molecule has 0 saturated heterocycles. The number of hydrogen-bond donors (Lipinski definition) is 1. The van der Waals surface area contributed by atoms with E-state index in [4.69, 9.17) is 0 Å². The fraction of sp³-hybridized carbons (Fsp3) is 0.571. The van der Waals surface area contributed by atoms with Gasteiger partial charge in [0.2, 0.25) is 0 Å². The highest BCUT2D eigenvalue weighted by atomic mass is 28.1. The van der Waals surface area contributed by atoms with Crippen LogP contribution in [-0.2, 0) is 6.54 Å². The SMILES string of the molecule is CC(C)(O)Cn1cc([SiH3])cn1. The molecular formula is C7H14N2OSi. The van der Waals surface area contributed by atoms with Gasteiger partial charge in [0.1, 0.15) is 0 Å². The van der Waals surface area contributed by atoms with E-state index in [0.29, 0.717) is 6.54 Å². The van der Waals surface area contributed by atoms with E-state index in [-0.39, 0.29) is 0 Å². The summed E-state index contributed by atoms with van der Waals surface area (Å²) in [6, 6.07) is 0. The third kappa shape index (κ3) is 2.86. The van der Waals surface area contributed by atoms with Crippen molar-refractivity contribution in [3.63, 3.8) is 0 Å². The van der Waals surface area contributed by atoms with Crippen LogP contribution in [0.4, 0.5) is 0 Å². The summed E-state index contributed by atoms with van der Waals surface area (Å²) in [5.41, 5.74) is -0.667. The molecule has 0 amide bonds. The number of aliphatic hydroxyl groups is 1. The highest BCUT2D eigenvalue weighted by Crippen LogP contribution is 2.02. The first-order valence-electron chi connectivity index (χ1n) is 3.69. The Morgan fingerprint density at radius 1 is 1.73 bits per heavy atom. The molecule has 3 nitrogen and oxygen atoms in total. The maximum absolute atomic E-state index is 9.43. The lowest BCUT2D eigenvalue weighted by Crippen LogP contribution is -2.26. The van der Waals surface area contributed by atoms with Crippen molar-refractivity contribution in [3.05, 3.63) is 12.4 Å². The van der Waals surface area contributed by atoms with Gasteiger partial charge in [0.05, 0.1) is 12.1 Å². The molecular weight excluding hydrogens is 156 g/mol. The molecule has 11 heavy (non-hydrogen) atoms. The average Bonchev–Trinajstić information content (AvgIpc) is 2.10. The van der Waals surface area contributed by atoms with Crippen LogP contribution in [0.15, 0.2) is 12.4 Å². The molecule has 0 radical (unpaired) electrons. The third-order valence-corrected chi connectivity index (χ3v) is 1.83. The smallest absolute Gasteiger partial charge is 0.0786 e. The van der Waals surface area contributed by atoms with E-state index in [2.05, 4.69) is 5.10 Å². The fourth-order valence-corrected chi connectivity index (χ4v) is 1.36. The molecule has 1 aromatic rings. The van der Waals surface area contributed by atoms with E-state index in [1.165, 1.54) is 5.19 Å². The topological polar surface area (TPSA) is 38.0 Å². The molecule has 0 aliphatic heterocycles. The number of rotatable bonds is 2. The predicted molar refractivity (Wildman–Crippen MR) is 48.1 cm³/mol. The van der Waals surface area contributed by atoms with E-state index < -0.39 is 5.60 Å². The summed E-state index contributed by atoms with van der Waals surface area (Å²) in [7, 11) is 1.02. The van der Waals surface area contributed by atoms with Crippen LogP contribution >= 0.6 is 0 Å². The van der Waals surface area contributed by atoms with Gasteiger partial charge in [-0.15, -0.1) is 0 Å².